The highest BCUT2D eigenvalue weighted by atomic mass is 32.1. The molecule has 7 nitrogen and oxygen atoms in total. The number of carbonyl (C=O) groups is 1. The molecule has 3 rings (SSSR count). The molecule has 0 aliphatic carbocycles. The molecule has 0 fully saturated rings. The first-order valence-corrected chi connectivity index (χ1v) is 11.5. The maximum absolute atomic E-state index is 13.9. The summed E-state index contributed by atoms with van der Waals surface area (Å²) < 4.78 is 25.4. The van der Waals surface area contributed by atoms with Crippen LogP contribution in [0.15, 0.2) is 47.8 Å². The number of hydrogen-bond donors (Lipinski definition) is 2. The van der Waals surface area contributed by atoms with Gasteiger partial charge in [0.05, 0.1) is 11.8 Å². The first kappa shape index (κ1) is 24.6. The van der Waals surface area contributed by atoms with Crippen LogP contribution in [0.25, 0.3) is 0 Å². The lowest BCUT2D eigenvalue weighted by Gasteiger charge is -2.15. The van der Waals surface area contributed by atoms with E-state index in [4.69, 9.17) is 9.47 Å². The first-order chi connectivity index (χ1) is 15.8. The molecule has 0 spiro atoms. The molecule has 1 aromatic heterocycles. The largest absolute Gasteiger partial charge is 0.853 e. The van der Waals surface area contributed by atoms with Crippen LogP contribution in [-0.4, -0.2) is 29.6 Å². The molecule has 2 N–H and O–H groups in total. The van der Waals surface area contributed by atoms with Crippen molar-refractivity contribution in [2.75, 3.05) is 11.9 Å². The van der Waals surface area contributed by atoms with E-state index in [0.29, 0.717) is 34.3 Å². The fourth-order valence-corrected chi connectivity index (χ4v) is 3.56. The fraction of sp³-hybridized carbons (Fsp3) is 0.333. The Kier molecular flexibility index (Phi) is 8.76. The number of rotatable bonds is 11. The summed E-state index contributed by atoms with van der Waals surface area (Å²) in [4.78, 5) is 17.3. The first-order valence-electron chi connectivity index (χ1n) is 10.6. The molecular weight excluding hydrogens is 445 g/mol. The lowest BCUT2D eigenvalue weighted by atomic mass is 10.2. The van der Waals surface area contributed by atoms with E-state index in [0.717, 1.165) is 5.69 Å². The SMILES string of the molecule is CC(C[O-])NCc1csc(NC(=O)c2cc(OCc3ccccc3F)cc(OC(C)C)c2)n1. The predicted molar refractivity (Wildman–Crippen MR) is 124 cm³/mol. The molecule has 1 atom stereocenters. The number of thiazole rings is 1. The van der Waals surface area contributed by atoms with Gasteiger partial charge in [0.2, 0.25) is 0 Å². The number of ether oxygens (including phenoxy) is 2. The van der Waals surface area contributed by atoms with Crippen molar-refractivity contribution >= 4 is 22.4 Å². The van der Waals surface area contributed by atoms with Crippen LogP contribution in [0.5, 0.6) is 11.5 Å². The van der Waals surface area contributed by atoms with Gasteiger partial charge >= 0.3 is 0 Å². The number of carbonyl (C=O) groups excluding carboxylic acids is 1. The van der Waals surface area contributed by atoms with E-state index >= 15 is 0 Å². The third kappa shape index (κ3) is 7.52. The van der Waals surface area contributed by atoms with E-state index in [1.54, 1.807) is 43.3 Å². The Labute approximate surface area is 196 Å². The number of aromatic nitrogens is 1. The Bertz CT molecular complexity index is 1070. The van der Waals surface area contributed by atoms with Crippen LogP contribution in [0, 0.1) is 5.82 Å². The Morgan fingerprint density at radius 3 is 2.67 bits per heavy atom. The van der Waals surface area contributed by atoms with E-state index in [9.17, 15) is 14.3 Å². The molecule has 1 unspecified atom stereocenters. The molecule has 3 aromatic rings. The highest BCUT2D eigenvalue weighted by molar-refractivity contribution is 7.14. The molecule has 0 bridgehead atoms. The molecule has 1 heterocycles. The van der Waals surface area contributed by atoms with Crippen molar-refractivity contribution in [3.05, 3.63) is 70.5 Å². The zero-order valence-electron chi connectivity index (χ0n) is 18.8. The summed E-state index contributed by atoms with van der Waals surface area (Å²) in [6, 6.07) is 11.1. The summed E-state index contributed by atoms with van der Waals surface area (Å²) >= 11 is 1.29. The summed E-state index contributed by atoms with van der Waals surface area (Å²) in [7, 11) is 0. The number of amides is 1. The molecule has 176 valence electrons. The number of anilines is 1. The standard InChI is InChI=1S/C24H27FN3O4S/c1-15(2)32-21-9-18(8-20(10-21)31-13-17-6-4-5-7-22(17)25)23(30)28-24-27-19(14-33-24)11-26-16(3)12-29/h4-10,14-16,26H,11-13H2,1-3H3,(H,27,28,30)/q-1. The second-order valence-electron chi connectivity index (χ2n) is 7.79. The number of benzene rings is 2. The van der Waals surface area contributed by atoms with Crippen LogP contribution in [-0.2, 0) is 13.2 Å². The molecule has 0 aliphatic heterocycles. The number of nitrogens with zero attached hydrogens (tertiary/aromatic N) is 1. The topological polar surface area (TPSA) is 95.5 Å². The van der Waals surface area contributed by atoms with Gasteiger partial charge in [-0.05, 0) is 38.1 Å². The molecule has 0 aliphatic rings. The van der Waals surface area contributed by atoms with Gasteiger partial charge in [-0.1, -0.05) is 25.1 Å². The van der Waals surface area contributed by atoms with Gasteiger partial charge < -0.3 is 19.9 Å². The van der Waals surface area contributed by atoms with E-state index in [-0.39, 0.29) is 37.1 Å². The van der Waals surface area contributed by atoms with Crippen molar-refractivity contribution < 1.29 is 23.8 Å². The normalized spacial score (nSPS) is 11.9. The van der Waals surface area contributed by atoms with Crippen LogP contribution in [0.4, 0.5) is 9.52 Å². The summed E-state index contributed by atoms with van der Waals surface area (Å²) in [5, 5.41) is 19.0. The lowest BCUT2D eigenvalue weighted by molar-refractivity contribution is -0.372. The molecule has 0 saturated heterocycles. The maximum Gasteiger partial charge on any atom is 0.257 e. The lowest BCUT2D eigenvalue weighted by Crippen LogP contribution is -2.34. The van der Waals surface area contributed by atoms with Gasteiger partial charge in [0.25, 0.3) is 5.91 Å². The van der Waals surface area contributed by atoms with Gasteiger partial charge in [0, 0.05) is 29.1 Å². The van der Waals surface area contributed by atoms with Gasteiger partial charge in [-0.15, -0.1) is 17.9 Å². The molecule has 33 heavy (non-hydrogen) atoms. The van der Waals surface area contributed by atoms with Gasteiger partial charge in [-0.25, -0.2) is 9.37 Å². The van der Waals surface area contributed by atoms with Crippen molar-refractivity contribution in [1.29, 1.82) is 0 Å². The van der Waals surface area contributed by atoms with Crippen molar-refractivity contribution in [3.63, 3.8) is 0 Å². The van der Waals surface area contributed by atoms with Gasteiger partial charge in [0.15, 0.2) is 5.13 Å². The minimum atomic E-state index is -0.373. The van der Waals surface area contributed by atoms with Crippen LogP contribution >= 0.6 is 11.3 Å². The van der Waals surface area contributed by atoms with Crippen LogP contribution in [0.3, 0.4) is 0 Å². The summed E-state index contributed by atoms with van der Waals surface area (Å²) in [5.41, 5.74) is 1.47. The van der Waals surface area contributed by atoms with Gasteiger partial charge in [-0.2, -0.15) is 0 Å². The van der Waals surface area contributed by atoms with E-state index < -0.39 is 0 Å². The maximum atomic E-state index is 13.9. The molecular formula is C24H27FN3O4S-. The summed E-state index contributed by atoms with van der Waals surface area (Å²) in [6.07, 6.45) is -0.103. The number of hydrogen-bond acceptors (Lipinski definition) is 7. The fourth-order valence-electron chi connectivity index (χ4n) is 2.86. The molecule has 1 amide bonds. The Balaban J connectivity index is 1.72. The van der Waals surface area contributed by atoms with Gasteiger partial charge in [-0.3, -0.25) is 10.1 Å². The highest BCUT2D eigenvalue weighted by Gasteiger charge is 2.14. The third-order valence-corrected chi connectivity index (χ3v) is 5.33. The number of nitrogens with one attached hydrogen (secondary N) is 2. The van der Waals surface area contributed by atoms with Gasteiger partial charge in [0.1, 0.15) is 23.9 Å². The van der Waals surface area contributed by atoms with Crippen molar-refractivity contribution in [2.45, 2.75) is 46.1 Å². The molecule has 0 saturated carbocycles. The summed E-state index contributed by atoms with van der Waals surface area (Å²) in [6.45, 7) is 5.81. The molecule has 0 radical (unpaired) electrons. The zero-order valence-corrected chi connectivity index (χ0v) is 19.6. The Hall–Kier alpha value is -3.01. The van der Waals surface area contributed by atoms with Crippen LogP contribution < -0.4 is 25.2 Å². The quantitative estimate of drug-likeness (QED) is 0.441. The third-order valence-electron chi connectivity index (χ3n) is 4.52. The van der Waals surface area contributed by atoms with Crippen LogP contribution in [0.2, 0.25) is 0 Å². The van der Waals surface area contributed by atoms with Crippen LogP contribution in [0.1, 0.15) is 42.4 Å². The monoisotopic (exact) mass is 472 g/mol. The second kappa shape index (κ2) is 11.7. The zero-order chi connectivity index (χ0) is 23.8. The van der Waals surface area contributed by atoms with E-state index in [1.165, 1.54) is 17.4 Å². The van der Waals surface area contributed by atoms with Crippen molar-refractivity contribution in [1.82, 2.24) is 10.3 Å². The van der Waals surface area contributed by atoms with Crippen molar-refractivity contribution in [2.24, 2.45) is 0 Å². The highest BCUT2D eigenvalue weighted by Crippen LogP contribution is 2.26. The second-order valence-corrected chi connectivity index (χ2v) is 8.64. The average molecular weight is 473 g/mol. The van der Waals surface area contributed by atoms with E-state index in [2.05, 4.69) is 15.6 Å². The van der Waals surface area contributed by atoms with E-state index in [1.807, 2.05) is 19.2 Å². The van der Waals surface area contributed by atoms with Crippen molar-refractivity contribution in [3.8, 4) is 11.5 Å². The smallest absolute Gasteiger partial charge is 0.257 e. The summed E-state index contributed by atoms with van der Waals surface area (Å²) in [5.74, 6) is 0.125. The number of halogens is 1. The predicted octanol–water partition coefficient (Wildman–Crippen LogP) is 3.74. The minimum Gasteiger partial charge on any atom is -0.853 e. The molecule has 9 heteroatoms. The molecule has 2 aromatic carbocycles. The average Bonchev–Trinajstić information content (AvgIpc) is 3.23. The Morgan fingerprint density at radius 2 is 1.94 bits per heavy atom. The minimum absolute atomic E-state index is 0.0173. The Morgan fingerprint density at radius 1 is 1.18 bits per heavy atom.